The average molecular weight is 583 g/mol. The van der Waals surface area contributed by atoms with Crippen LogP contribution in [0.1, 0.15) is 52.7 Å². The van der Waals surface area contributed by atoms with E-state index in [1.807, 2.05) is 30.5 Å². The number of benzene rings is 4. The lowest BCUT2D eigenvalue weighted by Gasteiger charge is -2.27. The topological polar surface area (TPSA) is 31.8 Å². The number of pyridine rings is 1. The first-order valence-corrected chi connectivity index (χ1v) is 15.3. The molecule has 0 N–H and O–H groups in total. The van der Waals surface area contributed by atoms with Gasteiger partial charge in [0.15, 0.2) is 0 Å². The predicted octanol–water partition coefficient (Wildman–Crippen LogP) is 10.5. The Labute approximate surface area is 262 Å². The fraction of sp³-hybridized carbons (Fsp3) is 0.256. The second-order valence-corrected chi connectivity index (χ2v) is 13.6. The first-order valence-electron chi connectivity index (χ1n) is 15.3. The third-order valence-corrected chi connectivity index (χ3v) is 8.19. The molecule has 0 unspecified atom stereocenters. The van der Waals surface area contributed by atoms with E-state index in [2.05, 4.69) is 148 Å². The molecule has 1 aromatic heterocycles. The van der Waals surface area contributed by atoms with E-state index in [4.69, 9.17) is 9.72 Å². The van der Waals surface area contributed by atoms with Gasteiger partial charge in [0.25, 0.3) is 0 Å². The predicted molar refractivity (Wildman–Crippen MR) is 185 cm³/mol. The van der Waals surface area contributed by atoms with Crippen molar-refractivity contribution in [2.45, 2.75) is 52.4 Å². The van der Waals surface area contributed by atoms with Gasteiger partial charge >= 0.3 is 0 Å². The molecule has 0 radical (unpaired) electrons. The van der Waals surface area contributed by atoms with Crippen LogP contribution in [0.5, 0.6) is 11.5 Å². The van der Waals surface area contributed by atoms with E-state index in [1.54, 1.807) is 0 Å². The molecule has 0 fully saturated rings. The lowest BCUT2D eigenvalue weighted by molar-refractivity contribution is 0.483. The molecular weight excluding hydrogens is 540 g/mol. The molecule has 0 spiro atoms. The number of hydrogen-bond acceptors (Lipinski definition) is 5. The van der Waals surface area contributed by atoms with Crippen molar-refractivity contribution in [3.63, 3.8) is 0 Å². The molecule has 0 amide bonds. The second kappa shape index (κ2) is 11.4. The zero-order valence-electron chi connectivity index (χ0n) is 26.9. The number of ether oxygens (including phenoxy) is 1. The summed E-state index contributed by atoms with van der Waals surface area (Å²) in [6.45, 7) is 14.2. The third kappa shape index (κ3) is 6.00. The quantitative estimate of drug-likeness (QED) is 0.199. The lowest BCUT2D eigenvalue weighted by Crippen LogP contribution is -2.23. The molecule has 4 aromatic carbocycles. The smallest absolute Gasteiger partial charge is 0.137 e. The second-order valence-electron chi connectivity index (χ2n) is 13.6. The Morgan fingerprint density at radius 3 is 2.02 bits per heavy atom. The number of fused-ring (bicyclic) bond motifs is 1. The van der Waals surface area contributed by atoms with Crippen molar-refractivity contribution in [2.75, 3.05) is 28.4 Å². The minimum Gasteiger partial charge on any atom is -0.457 e. The average Bonchev–Trinajstić information content (AvgIpc) is 3.33. The molecule has 5 aromatic rings. The van der Waals surface area contributed by atoms with Gasteiger partial charge < -0.3 is 14.5 Å². The normalized spacial score (nSPS) is 13.2. The molecule has 44 heavy (non-hydrogen) atoms. The standard InChI is InChI=1S/C39H42N4O/c1-38(2,3)28-19-20-35-36(23-28)42(27-41(35)7)31-15-11-17-33(25-31)44-34-18-12-16-32(26-34)43(30-13-9-8-10-14-30)37-24-29(21-22-40-37)39(4,5)6/h8-26H,27H2,1-7H3. The van der Waals surface area contributed by atoms with Gasteiger partial charge in [0, 0.05) is 36.8 Å². The molecular formula is C39H42N4O. The molecule has 6 rings (SSSR count). The van der Waals surface area contributed by atoms with Crippen LogP contribution in [0.2, 0.25) is 0 Å². The van der Waals surface area contributed by atoms with Gasteiger partial charge in [-0.3, -0.25) is 4.90 Å². The van der Waals surface area contributed by atoms with Crippen molar-refractivity contribution in [2.24, 2.45) is 0 Å². The van der Waals surface area contributed by atoms with Crippen LogP contribution in [0.4, 0.5) is 34.3 Å². The van der Waals surface area contributed by atoms with Gasteiger partial charge in [-0.25, -0.2) is 4.98 Å². The highest BCUT2D eigenvalue weighted by Gasteiger charge is 2.27. The maximum Gasteiger partial charge on any atom is 0.137 e. The lowest BCUT2D eigenvalue weighted by atomic mass is 9.86. The number of aromatic nitrogens is 1. The summed E-state index contributed by atoms with van der Waals surface area (Å²) >= 11 is 0. The first kappa shape index (κ1) is 29.3. The van der Waals surface area contributed by atoms with Gasteiger partial charge in [-0.15, -0.1) is 0 Å². The largest absolute Gasteiger partial charge is 0.457 e. The Kier molecular flexibility index (Phi) is 7.58. The van der Waals surface area contributed by atoms with Gasteiger partial charge in [-0.1, -0.05) is 77.9 Å². The summed E-state index contributed by atoms with van der Waals surface area (Å²) in [5, 5.41) is 0. The van der Waals surface area contributed by atoms with Crippen LogP contribution in [0.25, 0.3) is 0 Å². The van der Waals surface area contributed by atoms with Crippen molar-refractivity contribution in [1.29, 1.82) is 0 Å². The summed E-state index contributed by atoms with van der Waals surface area (Å²) in [5.41, 5.74) is 8.23. The molecule has 5 heteroatoms. The summed E-state index contributed by atoms with van der Waals surface area (Å²) in [5.74, 6) is 2.43. The summed E-state index contributed by atoms with van der Waals surface area (Å²) < 4.78 is 6.52. The molecule has 0 saturated carbocycles. The van der Waals surface area contributed by atoms with E-state index in [-0.39, 0.29) is 10.8 Å². The zero-order valence-corrected chi connectivity index (χ0v) is 26.9. The van der Waals surface area contributed by atoms with Crippen LogP contribution >= 0.6 is 0 Å². The van der Waals surface area contributed by atoms with Crippen LogP contribution in [-0.2, 0) is 10.8 Å². The van der Waals surface area contributed by atoms with Gasteiger partial charge in [0.05, 0.1) is 23.7 Å². The number of nitrogens with zero attached hydrogens (tertiary/aromatic N) is 4. The van der Waals surface area contributed by atoms with Crippen molar-refractivity contribution < 1.29 is 4.74 Å². The van der Waals surface area contributed by atoms with Crippen LogP contribution in [0, 0.1) is 0 Å². The van der Waals surface area contributed by atoms with Crippen molar-refractivity contribution in [3.05, 3.63) is 127 Å². The zero-order chi connectivity index (χ0) is 31.1. The number of hydrogen-bond donors (Lipinski definition) is 0. The van der Waals surface area contributed by atoms with E-state index in [0.717, 1.165) is 41.0 Å². The minimum absolute atomic E-state index is 0.00893. The van der Waals surface area contributed by atoms with Crippen LogP contribution < -0.4 is 19.4 Å². The number of rotatable bonds is 6. The van der Waals surface area contributed by atoms with Gasteiger partial charge in [0.2, 0.25) is 0 Å². The fourth-order valence-electron chi connectivity index (χ4n) is 5.65. The monoisotopic (exact) mass is 582 g/mol. The Morgan fingerprint density at radius 2 is 1.30 bits per heavy atom. The Hall–Kier alpha value is -4.77. The van der Waals surface area contributed by atoms with Crippen molar-refractivity contribution >= 4 is 34.3 Å². The molecule has 0 atom stereocenters. The minimum atomic E-state index is 0.00893. The fourth-order valence-corrected chi connectivity index (χ4v) is 5.65. The van der Waals surface area contributed by atoms with E-state index in [0.29, 0.717) is 0 Å². The Bertz CT molecular complexity index is 1770. The Morgan fingerprint density at radius 1 is 0.636 bits per heavy atom. The summed E-state index contributed by atoms with van der Waals surface area (Å²) in [6.07, 6.45) is 1.90. The van der Waals surface area contributed by atoms with Gasteiger partial charge in [0.1, 0.15) is 17.3 Å². The van der Waals surface area contributed by atoms with Gasteiger partial charge in [-0.05, 0) is 82.6 Å². The van der Waals surface area contributed by atoms with Crippen molar-refractivity contribution in [1.82, 2.24) is 4.98 Å². The molecule has 5 nitrogen and oxygen atoms in total. The highest BCUT2D eigenvalue weighted by atomic mass is 16.5. The SMILES string of the molecule is CN1CN(c2cccc(Oc3cccc(N(c4ccccc4)c4cc(C(C)(C)C)ccn4)c3)c2)c2cc(C(C)(C)C)ccc21. The Balaban J connectivity index is 1.32. The maximum atomic E-state index is 6.52. The van der Waals surface area contributed by atoms with E-state index >= 15 is 0 Å². The maximum absolute atomic E-state index is 6.52. The van der Waals surface area contributed by atoms with Crippen LogP contribution in [-0.4, -0.2) is 18.7 Å². The van der Waals surface area contributed by atoms with E-state index in [9.17, 15) is 0 Å². The van der Waals surface area contributed by atoms with Crippen LogP contribution in [0.15, 0.2) is 115 Å². The number of para-hydroxylation sites is 1. The van der Waals surface area contributed by atoms with Gasteiger partial charge in [-0.2, -0.15) is 0 Å². The highest BCUT2D eigenvalue weighted by molar-refractivity contribution is 5.83. The molecule has 2 heterocycles. The summed E-state index contributed by atoms with van der Waals surface area (Å²) in [4.78, 5) is 11.6. The molecule has 0 saturated heterocycles. The molecule has 1 aliphatic heterocycles. The van der Waals surface area contributed by atoms with E-state index in [1.165, 1.54) is 22.5 Å². The summed E-state index contributed by atoms with van der Waals surface area (Å²) in [6, 6.07) is 38.1. The van der Waals surface area contributed by atoms with Crippen LogP contribution in [0.3, 0.4) is 0 Å². The first-order chi connectivity index (χ1) is 21.0. The van der Waals surface area contributed by atoms with E-state index < -0.39 is 0 Å². The highest BCUT2D eigenvalue weighted by Crippen LogP contribution is 2.43. The van der Waals surface area contributed by atoms with Crippen molar-refractivity contribution in [3.8, 4) is 11.5 Å². The molecule has 224 valence electrons. The molecule has 0 aliphatic carbocycles. The third-order valence-electron chi connectivity index (χ3n) is 8.19. The summed E-state index contributed by atoms with van der Waals surface area (Å²) in [7, 11) is 2.14. The molecule has 1 aliphatic rings. The number of anilines is 6. The molecule has 0 bridgehead atoms.